The summed E-state index contributed by atoms with van der Waals surface area (Å²) in [6, 6.07) is 4.04. The Hall–Kier alpha value is -3.14. The molecule has 3 heterocycles. The van der Waals surface area contributed by atoms with Crippen molar-refractivity contribution in [1.82, 2.24) is 19.4 Å². The molecule has 35 heavy (non-hydrogen) atoms. The van der Waals surface area contributed by atoms with E-state index in [1.165, 1.54) is 0 Å². The van der Waals surface area contributed by atoms with Crippen LogP contribution in [0.5, 0.6) is 0 Å². The van der Waals surface area contributed by atoms with Crippen molar-refractivity contribution in [3.05, 3.63) is 30.1 Å². The maximum atomic E-state index is 13.6. The van der Waals surface area contributed by atoms with Crippen molar-refractivity contribution in [3.8, 4) is 0 Å². The average molecular weight is 486 g/mol. The van der Waals surface area contributed by atoms with Gasteiger partial charge in [-0.15, -0.1) is 0 Å². The fourth-order valence-corrected chi connectivity index (χ4v) is 4.35. The Morgan fingerprint density at radius 2 is 2.06 bits per heavy atom. The third-order valence-corrected chi connectivity index (χ3v) is 6.14. The number of carbonyl (C=O) groups excluding carboxylic acids is 3. The van der Waals surface area contributed by atoms with E-state index in [9.17, 15) is 14.4 Å². The maximum absolute atomic E-state index is 13.6. The Labute approximate surface area is 205 Å². The molecule has 2 aliphatic rings. The van der Waals surface area contributed by atoms with Gasteiger partial charge >= 0.3 is 6.09 Å². The number of morpholine rings is 1. The van der Waals surface area contributed by atoms with Gasteiger partial charge in [-0.05, 0) is 57.7 Å². The lowest BCUT2D eigenvalue weighted by Gasteiger charge is -2.35. The molecule has 1 aliphatic carbocycles. The van der Waals surface area contributed by atoms with Gasteiger partial charge in [0.2, 0.25) is 5.91 Å². The number of fused-ring (bicyclic) bond motifs is 1. The molecule has 10 heteroatoms. The molecular formula is C25H35N5O5. The van der Waals surface area contributed by atoms with Crippen LogP contribution in [0.4, 0.5) is 4.79 Å². The quantitative estimate of drug-likeness (QED) is 0.613. The van der Waals surface area contributed by atoms with Crippen LogP contribution in [0.15, 0.2) is 24.5 Å². The lowest BCUT2D eigenvalue weighted by molar-refractivity contribution is -0.150. The summed E-state index contributed by atoms with van der Waals surface area (Å²) < 4.78 is 13.3. The second-order valence-corrected chi connectivity index (χ2v) is 10.3. The first-order chi connectivity index (χ1) is 16.6. The molecule has 2 fully saturated rings. The monoisotopic (exact) mass is 485 g/mol. The van der Waals surface area contributed by atoms with Gasteiger partial charge in [-0.25, -0.2) is 9.78 Å². The highest BCUT2D eigenvalue weighted by Gasteiger charge is 2.39. The van der Waals surface area contributed by atoms with E-state index in [1.54, 1.807) is 11.1 Å². The first kappa shape index (κ1) is 25.0. The van der Waals surface area contributed by atoms with Gasteiger partial charge in [0.25, 0.3) is 5.91 Å². The number of primary amides is 1. The number of nitrogens with two attached hydrogens (primary N) is 1. The van der Waals surface area contributed by atoms with Gasteiger partial charge in [0, 0.05) is 49.9 Å². The highest BCUT2D eigenvalue weighted by molar-refractivity contribution is 5.85. The van der Waals surface area contributed by atoms with Gasteiger partial charge in [0.1, 0.15) is 11.2 Å². The number of aromatic nitrogens is 2. The van der Waals surface area contributed by atoms with Gasteiger partial charge in [0.15, 0.2) is 6.10 Å². The number of nitrogens with zero attached hydrogens (tertiary/aromatic N) is 4. The molecule has 1 atom stereocenters. The van der Waals surface area contributed by atoms with E-state index >= 15 is 0 Å². The molecule has 10 nitrogen and oxygen atoms in total. The molecule has 0 aromatic carbocycles. The Bertz CT molecular complexity index is 1090. The van der Waals surface area contributed by atoms with E-state index < -0.39 is 17.8 Å². The third kappa shape index (κ3) is 6.30. The van der Waals surface area contributed by atoms with Crippen molar-refractivity contribution in [1.29, 1.82) is 0 Å². The van der Waals surface area contributed by atoms with Crippen LogP contribution in [0, 0.1) is 0 Å². The molecule has 1 unspecified atom stereocenters. The summed E-state index contributed by atoms with van der Waals surface area (Å²) in [5, 5.41) is 0.977. The molecule has 1 saturated carbocycles. The van der Waals surface area contributed by atoms with E-state index in [-0.39, 0.29) is 31.0 Å². The number of carbonyl (C=O) groups is 3. The summed E-state index contributed by atoms with van der Waals surface area (Å²) >= 11 is 0. The zero-order valence-electron chi connectivity index (χ0n) is 20.7. The highest BCUT2D eigenvalue weighted by atomic mass is 16.6. The lowest BCUT2D eigenvalue weighted by atomic mass is 10.1. The van der Waals surface area contributed by atoms with E-state index in [0.29, 0.717) is 32.5 Å². The van der Waals surface area contributed by atoms with Crippen LogP contribution in [0.25, 0.3) is 11.0 Å². The molecule has 3 amide bonds. The predicted molar refractivity (Wildman–Crippen MR) is 129 cm³/mol. The van der Waals surface area contributed by atoms with Crippen molar-refractivity contribution < 1.29 is 23.9 Å². The van der Waals surface area contributed by atoms with Gasteiger partial charge in [-0.3, -0.25) is 9.59 Å². The standard InChI is InChI=1S/C25H35N5O5/c1-25(2,3)35-24(33)29-12-13-34-20(16-29)23(32)30(18-8-9-18)15-17-14-28(11-5-7-21(26)31)22-19(17)6-4-10-27-22/h4,6,10,14,18,20H,5,7-9,11-13,15-16H2,1-3H3,(H2,26,31). The van der Waals surface area contributed by atoms with Crippen LogP contribution < -0.4 is 5.73 Å². The molecule has 1 saturated heterocycles. The number of pyridine rings is 1. The van der Waals surface area contributed by atoms with Crippen LogP contribution in [0.3, 0.4) is 0 Å². The molecule has 0 radical (unpaired) electrons. The molecular weight excluding hydrogens is 450 g/mol. The van der Waals surface area contributed by atoms with Crippen molar-refractivity contribution in [2.75, 3.05) is 19.7 Å². The van der Waals surface area contributed by atoms with E-state index in [2.05, 4.69) is 4.98 Å². The van der Waals surface area contributed by atoms with E-state index in [4.69, 9.17) is 15.2 Å². The number of aryl methyl sites for hydroxylation is 1. The Morgan fingerprint density at radius 3 is 2.74 bits per heavy atom. The largest absolute Gasteiger partial charge is 0.444 e. The molecule has 0 bridgehead atoms. The molecule has 0 spiro atoms. The Balaban J connectivity index is 1.49. The number of hydrogen-bond donors (Lipinski definition) is 1. The van der Waals surface area contributed by atoms with Crippen LogP contribution in [0.2, 0.25) is 0 Å². The van der Waals surface area contributed by atoms with Gasteiger partial charge in [0.05, 0.1) is 13.2 Å². The predicted octanol–water partition coefficient (Wildman–Crippen LogP) is 2.43. The number of ether oxygens (including phenoxy) is 2. The second-order valence-electron chi connectivity index (χ2n) is 10.3. The molecule has 2 aromatic rings. The summed E-state index contributed by atoms with van der Waals surface area (Å²) in [4.78, 5) is 45.2. The molecule has 1 aliphatic heterocycles. The summed E-state index contributed by atoms with van der Waals surface area (Å²) in [6.07, 6.45) is 5.42. The first-order valence-electron chi connectivity index (χ1n) is 12.2. The minimum atomic E-state index is -0.723. The van der Waals surface area contributed by atoms with Crippen molar-refractivity contribution in [3.63, 3.8) is 0 Å². The molecule has 190 valence electrons. The number of rotatable bonds is 8. The lowest BCUT2D eigenvalue weighted by Crippen LogP contribution is -2.53. The fraction of sp³-hybridized carbons (Fsp3) is 0.600. The Kier molecular flexibility index (Phi) is 7.30. The average Bonchev–Trinajstić information content (AvgIpc) is 3.59. The zero-order valence-corrected chi connectivity index (χ0v) is 20.7. The smallest absolute Gasteiger partial charge is 0.410 e. The summed E-state index contributed by atoms with van der Waals surface area (Å²) in [7, 11) is 0. The first-order valence-corrected chi connectivity index (χ1v) is 12.2. The van der Waals surface area contributed by atoms with Gasteiger partial charge in [-0.1, -0.05) is 0 Å². The SMILES string of the molecule is CC(C)(C)OC(=O)N1CCOC(C(=O)N(Cc2cn(CCCC(N)=O)c3ncccc23)C2CC2)C1. The van der Waals surface area contributed by atoms with E-state index in [0.717, 1.165) is 29.4 Å². The normalized spacial score (nSPS) is 18.5. The maximum Gasteiger partial charge on any atom is 0.410 e. The van der Waals surface area contributed by atoms with Crippen LogP contribution in [-0.4, -0.2) is 74.7 Å². The van der Waals surface area contributed by atoms with Crippen molar-refractivity contribution >= 4 is 28.9 Å². The van der Waals surface area contributed by atoms with Crippen molar-refractivity contribution in [2.45, 2.75) is 77.3 Å². The van der Waals surface area contributed by atoms with Crippen LogP contribution in [-0.2, 0) is 32.2 Å². The third-order valence-electron chi connectivity index (χ3n) is 6.14. The van der Waals surface area contributed by atoms with Gasteiger partial charge < -0.3 is 29.6 Å². The Morgan fingerprint density at radius 1 is 1.29 bits per heavy atom. The number of amides is 3. The fourth-order valence-electron chi connectivity index (χ4n) is 4.35. The molecule has 2 aromatic heterocycles. The van der Waals surface area contributed by atoms with Crippen molar-refractivity contribution in [2.24, 2.45) is 5.73 Å². The highest BCUT2D eigenvalue weighted by Crippen LogP contribution is 2.32. The van der Waals surface area contributed by atoms with Crippen LogP contribution in [0.1, 0.15) is 52.0 Å². The molecule has 4 rings (SSSR count). The summed E-state index contributed by atoms with van der Waals surface area (Å²) in [5.41, 5.74) is 6.50. The minimum absolute atomic E-state index is 0.112. The van der Waals surface area contributed by atoms with Crippen LogP contribution >= 0.6 is 0 Å². The minimum Gasteiger partial charge on any atom is -0.444 e. The zero-order chi connectivity index (χ0) is 25.2. The number of hydrogen-bond acceptors (Lipinski definition) is 6. The summed E-state index contributed by atoms with van der Waals surface area (Å²) in [6.45, 7) is 7.37. The second kappa shape index (κ2) is 10.2. The molecule has 2 N–H and O–H groups in total. The van der Waals surface area contributed by atoms with Gasteiger partial charge in [-0.2, -0.15) is 0 Å². The topological polar surface area (TPSA) is 120 Å². The van der Waals surface area contributed by atoms with E-state index in [1.807, 2.05) is 48.6 Å². The summed E-state index contributed by atoms with van der Waals surface area (Å²) in [5.74, 6) is -0.438.